The molecule has 0 spiro atoms. The number of hydrogen-bond donors (Lipinski definition) is 1. The highest BCUT2D eigenvalue weighted by molar-refractivity contribution is 5.62. The zero-order chi connectivity index (χ0) is 15.6. The standard InChI is InChI=1S/C13H17F2N5O/c1-4-21-13(2,3)7-20-12(17-18-19-20)8-5-11(16)10(15)6-9(8)14/h5-6H,4,7,16H2,1-3H3. The Labute approximate surface area is 120 Å². The Hall–Kier alpha value is -2.09. The van der Waals surface area contributed by atoms with Gasteiger partial charge >= 0.3 is 0 Å². The Morgan fingerprint density at radius 3 is 2.67 bits per heavy atom. The second-order valence-corrected chi connectivity index (χ2v) is 5.21. The van der Waals surface area contributed by atoms with Crippen molar-refractivity contribution >= 4 is 5.69 Å². The molecule has 0 radical (unpaired) electrons. The highest BCUT2D eigenvalue weighted by atomic mass is 19.1. The first kappa shape index (κ1) is 15.3. The molecule has 1 aromatic heterocycles. The van der Waals surface area contributed by atoms with E-state index in [1.54, 1.807) is 0 Å². The first-order chi connectivity index (χ1) is 9.84. The van der Waals surface area contributed by atoms with Crippen LogP contribution in [0.25, 0.3) is 11.4 Å². The van der Waals surface area contributed by atoms with Gasteiger partial charge in [0.05, 0.1) is 23.4 Å². The Bertz CT molecular complexity index is 641. The lowest BCUT2D eigenvalue weighted by molar-refractivity contribution is -0.0247. The molecular formula is C13H17F2N5O. The van der Waals surface area contributed by atoms with Gasteiger partial charge in [0.15, 0.2) is 5.82 Å². The number of anilines is 1. The number of benzene rings is 1. The van der Waals surface area contributed by atoms with Crippen molar-refractivity contribution in [2.45, 2.75) is 32.9 Å². The molecule has 2 rings (SSSR count). The van der Waals surface area contributed by atoms with Crippen LogP contribution in [-0.2, 0) is 11.3 Å². The summed E-state index contributed by atoms with van der Waals surface area (Å²) >= 11 is 0. The number of nitrogens with zero attached hydrogens (tertiary/aromatic N) is 4. The van der Waals surface area contributed by atoms with E-state index in [9.17, 15) is 8.78 Å². The molecule has 1 aromatic carbocycles. The second kappa shape index (κ2) is 5.72. The van der Waals surface area contributed by atoms with Crippen LogP contribution in [0.5, 0.6) is 0 Å². The van der Waals surface area contributed by atoms with Crippen molar-refractivity contribution in [3.8, 4) is 11.4 Å². The van der Waals surface area contributed by atoms with E-state index in [1.165, 1.54) is 10.7 Å². The first-order valence-corrected chi connectivity index (χ1v) is 6.49. The largest absolute Gasteiger partial charge is 0.396 e. The van der Waals surface area contributed by atoms with Crippen molar-refractivity contribution in [3.63, 3.8) is 0 Å². The van der Waals surface area contributed by atoms with Crippen molar-refractivity contribution in [3.05, 3.63) is 23.8 Å². The third-order valence-electron chi connectivity index (χ3n) is 2.92. The van der Waals surface area contributed by atoms with Crippen LogP contribution in [-0.4, -0.2) is 32.4 Å². The summed E-state index contributed by atoms with van der Waals surface area (Å²) in [5.41, 5.74) is 4.83. The van der Waals surface area contributed by atoms with Crippen LogP contribution in [0.15, 0.2) is 12.1 Å². The number of rotatable bonds is 5. The van der Waals surface area contributed by atoms with Crippen LogP contribution in [0.4, 0.5) is 14.5 Å². The molecule has 0 fully saturated rings. The lowest BCUT2D eigenvalue weighted by atomic mass is 10.1. The first-order valence-electron chi connectivity index (χ1n) is 6.49. The van der Waals surface area contributed by atoms with Crippen molar-refractivity contribution in [2.24, 2.45) is 0 Å². The number of aromatic nitrogens is 4. The lowest BCUT2D eigenvalue weighted by Crippen LogP contribution is -2.31. The van der Waals surface area contributed by atoms with Gasteiger partial charge in [-0.2, -0.15) is 0 Å². The third-order valence-corrected chi connectivity index (χ3v) is 2.92. The molecular weight excluding hydrogens is 280 g/mol. The molecule has 0 atom stereocenters. The highest BCUT2D eigenvalue weighted by Gasteiger charge is 2.23. The fourth-order valence-corrected chi connectivity index (χ4v) is 2.04. The Morgan fingerprint density at radius 2 is 2.00 bits per heavy atom. The fourth-order valence-electron chi connectivity index (χ4n) is 2.04. The maximum absolute atomic E-state index is 13.9. The van der Waals surface area contributed by atoms with Crippen LogP contribution < -0.4 is 5.73 Å². The predicted molar refractivity (Wildman–Crippen MR) is 73.3 cm³/mol. The second-order valence-electron chi connectivity index (χ2n) is 5.21. The average Bonchev–Trinajstić information content (AvgIpc) is 2.80. The van der Waals surface area contributed by atoms with Crippen LogP contribution in [0.1, 0.15) is 20.8 Å². The monoisotopic (exact) mass is 297 g/mol. The van der Waals surface area contributed by atoms with Crippen molar-refractivity contribution in [1.29, 1.82) is 0 Å². The molecule has 0 unspecified atom stereocenters. The molecule has 0 aliphatic heterocycles. The summed E-state index contributed by atoms with van der Waals surface area (Å²) in [5.74, 6) is -1.41. The minimum atomic E-state index is -0.815. The lowest BCUT2D eigenvalue weighted by Gasteiger charge is -2.24. The molecule has 114 valence electrons. The van der Waals surface area contributed by atoms with E-state index < -0.39 is 17.2 Å². The molecule has 8 heteroatoms. The Morgan fingerprint density at radius 1 is 1.29 bits per heavy atom. The quantitative estimate of drug-likeness (QED) is 0.854. The number of nitrogen functional groups attached to an aromatic ring is 1. The van der Waals surface area contributed by atoms with E-state index in [4.69, 9.17) is 10.5 Å². The van der Waals surface area contributed by atoms with Gasteiger partial charge in [0.1, 0.15) is 11.6 Å². The summed E-state index contributed by atoms with van der Waals surface area (Å²) in [4.78, 5) is 0. The SMILES string of the molecule is CCOC(C)(C)Cn1nnnc1-c1cc(N)c(F)cc1F. The molecule has 0 amide bonds. The van der Waals surface area contributed by atoms with Gasteiger partial charge in [0, 0.05) is 12.7 Å². The van der Waals surface area contributed by atoms with E-state index in [1.807, 2.05) is 20.8 Å². The number of hydrogen-bond acceptors (Lipinski definition) is 5. The number of halogens is 2. The minimum absolute atomic E-state index is 0.0474. The number of ether oxygens (including phenoxy) is 1. The molecule has 0 saturated heterocycles. The molecule has 1 heterocycles. The molecule has 0 aliphatic rings. The van der Waals surface area contributed by atoms with Crippen molar-refractivity contribution in [1.82, 2.24) is 20.2 Å². The normalized spacial score (nSPS) is 11.9. The van der Waals surface area contributed by atoms with Crippen molar-refractivity contribution in [2.75, 3.05) is 12.3 Å². The van der Waals surface area contributed by atoms with E-state index >= 15 is 0 Å². The summed E-state index contributed by atoms with van der Waals surface area (Å²) < 4.78 is 34.1. The summed E-state index contributed by atoms with van der Waals surface area (Å²) in [6.45, 7) is 6.47. The maximum Gasteiger partial charge on any atom is 0.185 e. The van der Waals surface area contributed by atoms with E-state index in [0.717, 1.165) is 6.07 Å². The van der Waals surface area contributed by atoms with Gasteiger partial charge in [-0.3, -0.25) is 0 Å². The van der Waals surface area contributed by atoms with Gasteiger partial charge < -0.3 is 10.5 Å². The average molecular weight is 297 g/mol. The van der Waals surface area contributed by atoms with Crippen LogP contribution in [0.2, 0.25) is 0 Å². The molecule has 21 heavy (non-hydrogen) atoms. The topological polar surface area (TPSA) is 78.8 Å². The summed E-state index contributed by atoms with van der Waals surface area (Å²) in [6, 6.07) is 1.90. The van der Waals surface area contributed by atoms with E-state index in [-0.39, 0.29) is 17.1 Å². The molecule has 6 nitrogen and oxygen atoms in total. The van der Waals surface area contributed by atoms with Crippen LogP contribution >= 0.6 is 0 Å². The summed E-state index contributed by atoms with van der Waals surface area (Å²) in [7, 11) is 0. The Balaban J connectivity index is 2.39. The smallest absolute Gasteiger partial charge is 0.185 e. The third kappa shape index (κ3) is 3.33. The zero-order valence-electron chi connectivity index (χ0n) is 12.1. The van der Waals surface area contributed by atoms with Gasteiger partial charge in [0.2, 0.25) is 0 Å². The predicted octanol–water partition coefficient (Wildman–Crippen LogP) is 2.02. The molecule has 0 saturated carbocycles. The minimum Gasteiger partial charge on any atom is -0.396 e. The molecule has 2 N–H and O–H groups in total. The van der Waals surface area contributed by atoms with Gasteiger partial charge in [-0.25, -0.2) is 13.5 Å². The maximum atomic E-state index is 13.9. The van der Waals surface area contributed by atoms with Gasteiger partial charge in [-0.15, -0.1) is 5.10 Å². The van der Waals surface area contributed by atoms with Gasteiger partial charge in [-0.1, -0.05) is 0 Å². The molecule has 0 bridgehead atoms. The van der Waals surface area contributed by atoms with Crippen LogP contribution in [0, 0.1) is 11.6 Å². The zero-order valence-corrected chi connectivity index (χ0v) is 12.1. The van der Waals surface area contributed by atoms with E-state index in [2.05, 4.69) is 15.5 Å². The molecule has 0 aliphatic carbocycles. The van der Waals surface area contributed by atoms with Gasteiger partial charge in [-0.05, 0) is 37.3 Å². The van der Waals surface area contributed by atoms with E-state index in [0.29, 0.717) is 13.2 Å². The van der Waals surface area contributed by atoms with Crippen molar-refractivity contribution < 1.29 is 13.5 Å². The summed E-state index contributed by atoms with van der Waals surface area (Å²) in [5, 5.41) is 11.2. The van der Waals surface area contributed by atoms with Gasteiger partial charge in [0.25, 0.3) is 0 Å². The number of nitrogens with two attached hydrogens (primary N) is 1. The highest BCUT2D eigenvalue weighted by Crippen LogP contribution is 2.26. The molecule has 2 aromatic rings. The Kier molecular flexibility index (Phi) is 4.17. The number of tetrazole rings is 1. The fraction of sp³-hybridized carbons (Fsp3) is 0.462. The summed E-state index contributed by atoms with van der Waals surface area (Å²) in [6.07, 6.45) is 0. The van der Waals surface area contributed by atoms with Crippen LogP contribution in [0.3, 0.4) is 0 Å².